The Morgan fingerprint density at radius 3 is 2.80 bits per heavy atom. The molecular formula is C9H13ClN4O. The van der Waals surface area contributed by atoms with Crippen LogP contribution in [0.2, 0.25) is 5.15 Å². The zero-order valence-corrected chi connectivity index (χ0v) is 9.07. The molecule has 0 aromatic carbocycles. The van der Waals surface area contributed by atoms with Gasteiger partial charge in [0, 0.05) is 19.6 Å². The van der Waals surface area contributed by atoms with Gasteiger partial charge in [-0.1, -0.05) is 11.6 Å². The van der Waals surface area contributed by atoms with Gasteiger partial charge in [0.05, 0.1) is 18.9 Å². The van der Waals surface area contributed by atoms with Gasteiger partial charge < -0.3 is 10.5 Å². The summed E-state index contributed by atoms with van der Waals surface area (Å²) in [6.07, 6.45) is 0. The van der Waals surface area contributed by atoms with Gasteiger partial charge in [-0.25, -0.2) is 9.97 Å². The lowest BCUT2D eigenvalue weighted by molar-refractivity contribution is 0.0336. The number of hydrogen-bond donors (Lipinski definition) is 1. The number of halogens is 1. The topological polar surface area (TPSA) is 64.3 Å². The number of nitrogens with two attached hydrogens (primary N) is 1. The molecule has 0 saturated carbocycles. The summed E-state index contributed by atoms with van der Waals surface area (Å²) in [7, 11) is 0. The monoisotopic (exact) mass is 228 g/mol. The molecule has 0 amide bonds. The van der Waals surface area contributed by atoms with Crippen molar-refractivity contribution in [2.45, 2.75) is 6.54 Å². The van der Waals surface area contributed by atoms with Gasteiger partial charge in [-0.15, -0.1) is 0 Å². The smallest absolute Gasteiger partial charge is 0.221 e. The van der Waals surface area contributed by atoms with Gasteiger partial charge in [-0.2, -0.15) is 0 Å². The van der Waals surface area contributed by atoms with E-state index in [9.17, 15) is 0 Å². The lowest BCUT2D eigenvalue weighted by atomic mass is 10.3. The molecule has 0 atom stereocenters. The van der Waals surface area contributed by atoms with E-state index in [0.717, 1.165) is 38.5 Å². The number of rotatable bonds is 2. The number of ether oxygens (including phenoxy) is 1. The Bertz CT molecular complexity index is 321. The molecule has 1 saturated heterocycles. The Hall–Kier alpha value is -0.910. The second kappa shape index (κ2) is 4.74. The fraction of sp³-hybridized carbons (Fsp3) is 0.556. The maximum Gasteiger partial charge on any atom is 0.221 e. The molecule has 1 aromatic heterocycles. The molecule has 0 spiro atoms. The van der Waals surface area contributed by atoms with Crippen LogP contribution in [0.5, 0.6) is 0 Å². The van der Waals surface area contributed by atoms with Gasteiger partial charge in [0.1, 0.15) is 5.15 Å². The summed E-state index contributed by atoms with van der Waals surface area (Å²) in [6, 6.07) is 1.74. The van der Waals surface area contributed by atoms with Crippen LogP contribution in [0, 0.1) is 0 Å². The van der Waals surface area contributed by atoms with Crippen molar-refractivity contribution in [2.75, 3.05) is 32.0 Å². The van der Waals surface area contributed by atoms with Crippen LogP contribution in [-0.4, -0.2) is 41.2 Å². The molecular weight excluding hydrogens is 216 g/mol. The fourth-order valence-electron chi connectivity index (χ4n) is 1.55. The van der Waals surface area contributed by atoms with Crippen LogP contribution in [0.25, 0.3) is 0 Å². The SMILES string of the molecule is Nc1nc(Cl)cc(CN2CCOCC2)n1. The molecule has 0 unspecified atom stereocenters. The van der Waals surface area contributed by atoms with Gasteiger partial charge >= 0.3 is 0 Å². The molecule has 1 fully saturated rings. The molecule has 0 radical (unpaired) electrons. The van der Waals surface area contributed by atoms with Crippen LogP contribution in [0.1, 0.15) is 5.69 Å². The number of anilines is 1. The molecule has 1 aromatic rings. The predicted molar refractivity (Wildman–Crippen MR) is 57.6 cm³/mol. The van der Waals surface area contributed by atoms with Crippen LogP contribution in [-0.2, 0) is 11.3 Å². The normalized spacial score (nSPS) is 17.9. The van der Waals surface area contributed by atoms with E-state index in [1.165, 1.54) is 0 Å². The molecule has 6 heteroatoms. The highest BCUT2D eigenvalue weighted by Crippen LogP contribution is 2.11. The van der Waals surface area contributed by atoms with Crippen molar-refractivity contribution in [1.29, 1.82) is 0 Å². The third kappa shape index (κ3) is 3.02. The summed E-state index contributed by atoms with van der Waals surface area (Å²) < 4.78 is 5.26. The van der Waals surface area contributed by atoms with Gasteiger partial charge in [0.15, 0.2) is 0 Å². The second-order valence-corrected chi connectivity index (χ2v) is 3.82. The van der Waals surface area contributed by atoms with Gasteiger partial charge in [-0.05, 0) is 6.07 Å². The first-order valence-electron chi connectivity index (χ1n) is 4.83. The minimum atomic E-state index is 0.228. The third-order valence-electron chi connectivity index (χ3n) is 2.25. The van der Waals surface area contributed by atoms with E-state index >= 15 is 0 Å². The molecule has 1 aliphatic rings. The van der Waals surface area contributed by atoms with Gasteiger partial charge in [-0.3, -0.25) is 4.90 Å². The quantitative estimate of drug-likeness (QED) is 0.749. The van der Waals surface area contributed by atoms with E-state index in [4.69, 9.17) is 22.1 Å². The summed E-state index contributed by atoms with van der Waals surface area (Å²) in [6.45, 7) is 4.13. The van der Waals surface area contributed by atoms with Crippen molar-refractivity contribution >= 4 is 17.5 Å². The highest BCUT2D eigenvalue weighted by Gasteiger charge is 2.12. The van der Waals surface area contributed by atoms with Crippen molar-refractivity contribution in [1.82, 2.24) is 14.9 Å². The zero-order valence-electron chi connectivity index (χ0n) is 8.32. The number of morpholine rings is 1. The minimum absolute atomic E-state index is 0.228. The van der Waals surface area contributed by atoms with Crippen LogP contribution in [0.15, 0.2) is 6.07 Å². The molecule has 1 aliphatic heterocycles. The Labute approximate surface area is 93.2 Å². The van der Waals surface area contributed by atoms with Gasteiger partial charge in [0.2, 0.25) is 5.95 Å². The molecule has 2 N–H and O–H groups in total. The second-order valence-electron chi connectivity index (χ2n) is 3.43. The third-order valence-corrected chi connectivity index (χ3v) is 2.45. The minimum Gasteiger partial charge on any atom is -0.379 e. The van der Waals surface area contributed by atoms with Gasteiger partial charge in [0.25, 0.3) is 0 Å². The fourth-order valence-corrected chi connectivity index (χ4v) is 1.77. The maximum absolute atomic E-state index is 5.79. The highest BCUT2D eigenvalue weighted by atomic mass is 35.5. The molecule has 2 heterocycles. The van der Waals surface area contributed by atoms with E-state index < -0.39 is 0 Å². The van der Waals surface area contributed by atoms with E-state index in [1.54, 1.807) is 6.07 Å². The first kappa shape index (κ1) is 10.6. The average Bonchev–Trinajstić information content (AvgIpc) is 2.17. The van der Waals surface area contributed by atoms with Crippen molar-refractivity contribution in [3.8, 4) is 0 Å². The molecule has 82 valence electrons. The molecule has 5 nitrogen and oxygen atoms in total. The molecule has 15 heavy (non-hydrogen) atoms. The average molecular weight is 229 g/mol. The van der Waals surface area contributed by atoms with Crippen molar-refractivity contribution < 1.29 is 4.74 Å². The van der Waals surface area contributed by atoms with Crippen LogP contribution < -0.4 is 5.73 Å². The van der Waals surface area contributed by atoms with Crippen molar-refractivity contribution in [2.24, 2.45) is 0 Å². The summed E-state index contributed by atoms with van der Waals surface area (Å²) in [5, 5.41) is 0.394. The zero-order chi connectivity index (χ0) is 10.7. The van der Waals surface area contributed by atoms with Crippen LogP contribution in [0.4, 0.5) is 5.95 Å². The standard InChI is InChI=1S/C9H13ClN4O/c10-8-5-7(12-9(11)13-8)6-14-1-3-15-4-2-14/h5H,1-4,6H2,(H2,11,12,13). The van der Waals surface area contributed by atoms with Crippen LogP contribution >= 0.6 is 11.6 Å². The number of hydrogen-bond acceptors (Lipinski definition) is 5. The first-order valence-corrected chi connectivity index (χ1v) is 5.21. The van der Waals surface area contributed by atoms with Crippen LogP contribution in [0.3, 0.4) is 0 Å². The molecule has 0 bridgehead atoms. The van der Waals surface area contributed by atoms with Crippen molar-refractivity contribution in [3.05, 3.63) is 16.9 Å². The lowest BCUT2D eigenvalue weighted by Crippen LogP contribution is -2.35. The van der Waals surface area contributed by atoms with E-state index in [0.29, 0.717) is 5.15 Å². The number of nitrogens with zero attached hydrogens (tertiary/aromatic N) is 3. The molecule has 2 rings (SSSR count). The molecule has 0 aliphatic carbocycles. The Kier molecular flexibility index (Phi) is 3.35. The summed E-state index contributed by atoms with van der Waals surface area (Å²) in [4.78, 5) is 10.2. The van der Waals surface area contributed by atoms with Crippen molar-refractivity contribution in [3.63, 3.8) is 0 Å². The Balaban J connectivity index is 2.02. The number of nitrogen functional groups attached to an aromatic ring is 1. The Morgan fingerprint density at radius 1 is 1.40 bits per heavy atom. The van der Waals surface area contributed by atoms with E-state index in [2.05, 4.69) is 14.9 Å². The Morgan fingerprint density at radius 2 is 2.13 bits per heavy atom. The predicted octanol–water partition coefficient (Wildman–Crippen LogP) is 0.544. The number of aromatic nitrogens is 2. The first-order chi connectivity index (χ1) is 7.24. The summed E-state index contributed by atoms with van der Waals surface area (Å²) in [5.41, 5.74) is 6.37. The van der Waals surface area contributed by atoms with E-state index in [1.807, 2.05) is 0 Å². The van der Waals surface area contributed by atoms with E-state index in [-0.39, 0.29) is 5.95 Å². The highest BCUT2D eigenvalue weighted by molar-refractivity contribution is 6.29. The lowest BCUT2D eigenvalue weighted by Gasteiger charge is -2.26. The summed E-state index contributed by atoms with van der Waals surface area (Å²) in [5.74, 6) is 0.228. The maximum atomic E-state index is 5.79. The summed E-state index contributed by atoms with van der Waals surface area (Å²) >= 11 is 5.79. The largest absolute Gasteiger partial charge is 0.379 e.